The van der Waals surface area contributed by atoms with Crippen LogP contribution >= 0.6 is 15.9 Å². The molecule has 0 bridgehead atoms. The lowest BCUT2D eigenvalue weighted by atomic mass is 9.99. The van der Waals surface area contributed by atoms with E-state index < -0.39 is 0 Å². The standard InChI is InChI=1S/C20H24BrNO2/c1-5-13(2)16-6-8-18(9-7-16)24-12-19(23)22-20-14(3)10-17(21)11-15(20)4/h6-11,13H,5,12H2,1-4H3,(H,22,23). The maximum Gasteiger partial charge on any atom is 0.262 e. The van der Waals surface area contributed by atoms with Crippen molar-refractivity contribution in [2.45, 2.75) is 40.0 Å². The SMILES string of the molecule is CCC(C)c1ccc(OCC(=O)Nc2c(C)cc(Br)cc2C)cc1. The van der Waals surface area contributed by atoms with Gasteiger partial charge in [0, 0.05) is 10.2 Å². The van der Waals surface area contributed by atoms with Gasteiger partial charge < -0.3 is 10.1 Å². The van der Waals surface area contributed by atoms with Crippen molar-refractivity contribution in [3.63, 3.8) is 0 Å². The minimum atomic E-state index is -0.158. The molecule has 1 unspecified atom stereocenters. The highest BCUT2D eigenvalue weighted by molar-refractivity contribution is 9.10. The Kier molecular flexibility index (Phi) is 6.44. The summed E-state index contributed by atoms with van der Waals surface area (Å²) in [7, 11) is 0. The fraction of sp³-hybridized carbons (Fsp3) is 0.350. The summed E-state index contributed by atoms with van der Waals surface area (Å²) < 4.78 is 6.60. The van der Waals surface area contributed by atoms with Crippen LogP contribution in [-0.2, 0) is 4.79 Å². The normalized spacial score (nSPS) is 11.9. The Hall–Kier alpha value is -1.81. The van der Waals surface area contributed by atoms with Crippen molar-refractivity contribution in [1.82, 2.24) is 0 Å². The summed E-state index contributed by atoms with van der Waals surface area (Å²) >= 11 is 3.46. The van der Waals surface area contributed by atoms with Crippen LogP contribution in [0.5, 0.6) is 5.75 Å². The number of aryl methyl sites for hydroxylation is 2. The maximum absolute atomic E-state index is 12.1. The van der Waals surface area contributed by atoms with Gasteiger partial charge in [0.25, 0.3) is 5.91 Å². The Morgan fingerprint density at radius 3 is 2.29 bits per heavy atom. The number of benzene rings is 2. The lowest BCUT2D eigenvalue weighted by Gasteiger charge is -2.13. The molecule has 0 saturated heterocycles. The molecule has 0 aliphatic heterocycles. The molecule has 0 saturated carbocycles. The minimum Gasteiger partial charge on any atom is -0.484 e. The van der Waals surface area contributed by atoms with Gasteiger partial charge in [0.2, 0.25) is 0 Å². The Balaban J connectivity index is 1.94. The Labute approximate surface area is 152 Å². The van der Waals surface area contributed by atoms with Gasteiger partial charge in [0.1, 0.15) is 5.75 Å². The van der Waals surface area contributed by atoms with Gasteiger partial charge >= 0.3 is 0 Å². The average molecular weight is 390 g/mol. The third kappa shape index (κ3) is 4.84. The highest BCUT2D eigenvalue weighted by Gasteiger charge is 2.10. The minimum absolute atomic E-state index is 0.00236. The number of hydrogen-bond donors (Lipinski definition) is 1. The van der Waals surface area contributed by atoms with E-state index in [0.717, 1.165) is 27.7 Å². The predicted octanol–water partition coefficient (Wildman–Crippen LogP) is 5.60. The van der Waals surface area contributed by atoms with Crippen molar-refractivity contribution < 1.29 is 9.53 Å². The second kappa shape index (κ2) is 8.34. The third-order valence-electron chi connectivity index (χ3n) is 4.19. The van der Waals surface area contributed by atoms with Crippen LogP contribution < -0.4 is 10.1 Å². The predicted molar refractivity (Wildman–Crippen MR) is 103 cm³/mol. The maximum atomic E-state index is 12.1. The molecule has 0 fully saturated rings. The summed E-state index contributed by atoms with van der Waals surface area (Å²) in [6, 6.07) is 11.9. The van der Waals surface area contributed by atoms with Gasteiger partial charge in [0.05, 0.1) is 0 Å². The molecule has 2 aromatic carbocycles. The quantitative estimate of drug-likeness (QED) is 0.698. The van der Waals surface area contributed by atoms with Crippen LogP contribution in [0.4, 0.5) is 5.69 Å². The highest BCUT2D eigenvalue weighted by atomic mass is 79.9. The summed E-state index contributed by atoms with van der Waals surface area (Å²) in [5.74, 6) is 1.08. The Morgan fingerprint density at radius 1 is 1.17 bits per heavy atom. The summed E-state index contributed by atoms with van der Waals surface area (Å²) in [5, 5.41) is 2.93. The zero-order valence-corrected chi connectivity index (χ0v) is 16.2. The molecule has 128 valence electrons. The molecule has 1 atom stereocenters. The van der Waals surface area contributed by atoms with Crippen molar-refractivity contribution in [2.24, 2.45) is 0 Å². The number of anilines is 1. The number of carbonyl (C=O) groups excluding carboxylic acids is 1. The van der Waals surface area contributed by atoms with Crippen LogP contribution in [0.2, 0.25) is 0 Å². The molecule has 2 aromatic rings. The molecule has 0 aliphatic carbocycles. The Morgan fingerprint density at radius 2 is 1.75 bits per heavy atom. The van der Waals surface area contributed by atoms with Gasteiger partial charge in [-0.2, -0.15) is 0 Å². The first-order valence-electron chi connectivity index (χ1n) is 8.20. The van der Waals surface area contributed by atoms with E-state index in [1.807, 2.05) is 38.1 Å². The number of amides is 1. The second-order valence-corrected chi connectivity index (χ2v) is 7.05. The third-order valence-corrected chi connectivity index (χ3v) is 4.65. The first-order chi connectivity index (χ1) is 11.4. The lowest BCUT2D eigenvalue weighted by Crippen LogP contribution is -2.21. The zero-order chi connectivity index (χ0) is 17.7. The molecule has 4 heteroatoms. The highest BCUT2D eigenvalue weighted by Crippen LogP contribution is 2.25. The first kappa shape index (κ1) is 18.5. The summed E-state index contributed by atoms with van der Waals surface area (Å²) in [5.41, 5.74) is 4.18. The fourth-order valence-corrected chi connectivity index (χ4v) is 3.25. The number of carbonyl (C=O) groups is 1. The lowest BCUT2D eigenvalue weighted by molar-refractivity contribution is -0.118. The van der Waals surface area contributed by atoms with E-state index in [4.69, 9.17) is 4.74 Å². The molecule has 0 aromatic heterocycles. The molecular weight excluding hydrogens is 366 g/mol. The average Bonchev–Trinajstić information content (AvgIpc) is 2.56. The van der Waals surface area contributed by atoms with Gasteiger partial charge in [-0.1, -0.05) is 41.9 Å². The van der Waals surface area contributed by atoms with E-state index in [-0.39, 0.29) is 12.5 Å². The second-order valence-electron chi connectivity index (χ2n) is 6.13. The van der Waals surface area contributed by atoms with E-state index in [2.05, 4.69) is 47.2 Å². The van der Waals surface area contributed by atoms with E-state index in [1.54, 1.807) is 0 Å². The molecule has 0 heterocycles. The number of nitrogens with one attached hydrogen (secondary N) is 1. The van der Waals surface area contributed by atoms with Gasteiger partial charge in [-0.3, -0.25) is 4.79 Å². The molecule has 2 rings (SSSR count). The van der Waals surface area contributed by atoms with Gasteiger partial charge in [0.15, 0.2) is 6.61 Å². The van der Waals surface area contributed by atoms with Gasteiger partial charge in [-0.25, -0.2) is 0 Å². The van der Waals surface area contributed by atoms with Crippen LogP contribution in [0.3, 0.4) is 0 Å². The molecule has 0 radical (unpaired) electrons. The van der Waals surface area contributed by atoms with E-state index in [1.165, 1.54) is 5.56 Å². The smallest absolute Gasteiger partial charge is 0.262 e. The van der Waals surface area contributed by atoms with Gasteiger partial charge in [-0.05, 0) is 67.1 Å². The van der Waals surface area contributed by atoms with Crippen molar-refractivity contribution in [3.05, 3.63) is 57.6 Å². The number of ether oxygens (including phenoxy) is 1. The molecule has 1 N–H and O–H groups in total. The summed E-state index contributed by atoms with van der Waals surface area (Å²) in [6.07, 6.45) is 1.11. The summed E-state index contributed by atoms with van der Waals surface area (Å²) in [6.45, 7) is 8.32. The number of hydrogen-bond acceptors (Lipinski definition) is 2. The van der Waals surface area contributed by atoms with Crippen molar-refractivity contribution in [1.29, 1.82) is 0 Å². The van der Waals surface area contributed by atoms with E-state index in [9.17, 15) is 4.79 Å². The number of rotatable bonds is 6. The van der Waals surface area contributed by atoms with Crippen molar-refractivity contribution in [2.75, 3.05) is 11.9 Å². The summed E-state index contributed by atoms with van der Waals surface area (Å²) in [4.78, 5) is 12.1. The van der Waals surface area contributed by atoms with Gasteiger partial charge in [-0.15, -0.1) is 0 Å². The topological polar surface area (TPSA) is 38.3 Å². The largest absolute Gasteiger partial charge is 0.484 e. The Bertz CT molecular complexity index is 687. The monoisotopic (exact) mass is 389 g/mol. The van der Waals surface area contributed by atoms with Crippen LogP contribution in [0.25, 0.3) is 0 Å². The fourth-order valence-electron chi connectivity index (χ4n) is 2.56. The van der Waals surface area contributed by atoms with E-state index >= 15 is 0 Å². The number of halogens is 1. The molecule has 1 amide bonds. The van der Waals surface area contributed by atoms with Crippen LogP contribution in [0.15, 0.2) is 40.9 Å². The van der Waals surface area contributed by atoms with Crippen molar-refractivity contribution >= 4 is 27.5 Å². The van der Waals surface area contributed by atoms with Crippen LogP contribution in [0.1, 0.15) is 42.9 Å². The molecule has 3 nitrogen and oxygen atoms in total. The van der Waals surface area contributed by atoms with Crippen LogP contribution in [-0.4, -0.2) is 12.5 Å². The molecular formula is C20H24BrNO2. The van der Waals surface area contributed by atoms with Crippen molar-refractivity contribution in [3.8, 4) is 5.75 Å². The van der Waals surface area contributed by atoms with E-state index in [0.29, 0.717) is 11.7 Å². The molecule has 0 spiro atoms. The molecule has 0 aliphatic rings. The first-order valence-corrected chi connectivity index (χ1v) is 8.99. The zero-order valence-electron chi connectivity index (χ0n) is 14.7. The van der Waals surface area contributed by atoms with Crippen LogP contribution in [0, 0.1) is 13.8 Å². The molecule has 24 heavy (non-hydrogen) atoms.